The maximum Gasteiger partial charge on any atom is 0.234 e. The second-order valence-electron chi connectivity index (χ2n) is 5.31. The Bertz CT molecular complexity index is 797. The van der Waals surface area contributed by atoms with Crippen LogP contribution in [0.5, 0.6) is 0 Å². The summed E-state index contributed by atoms with van der Waals surface area (Å²) in [6.07, 6.45) is 0. The number of hydrogen-bond acceptors (Lipinski definition) is 7. The molecule has 0 fully saturated rings. The second-order valence-corrected chi connectivity index (χ2v) is 7.19. The van der Waals surface area contributed by atoms with Crippen molar-refractivity contribution < 1.29 is 14.0 Å². The third kappa shape index (κ3) is 5.86. The standard InChI is InChI=1S/C16H21FN6O2S2/c1-3-22(4-2)14(25)10-27-16-21-20-15(23(16)18)26-9-13(24)19-12-8-6-5-7-11(12)17/h5-8H,3-4,9-10,18H2,1-2H3,(H,19,24). The largest absolute Gasteiger partial charge is 0.343 e. The van der Waals surface area contributed by atoms with E-state index in [9.17, 15) is 14.0 Å². The molecule has 0 bridgehead atoms. The maximum absolute atomic E-state index is 13.5. The van der Waals surface area contributed by atoms with Gasteiger partial charge in [-0.05, 0) is 26.0 Å². The lowest BCUT2D eigenvalue weighted by atomic mass is 10.3. The van der Waals surface area contributed by atoms with Crippen molar-refractivity contribution in [3.63, 3.8) is 0 Å². The van der Waals surface area contributed by atoms with Gasteiger partial charge in [-0.2, -0.15) is 0 Å². The highest BCUT2D eigenvalue weighted by atomic mass is 32.2. The van der Waals surface area contributed by atoms with E-state index in [-0.39, 0.29) is 29.0 Å². The number of nitrogens with two attached hydrogens (primary N) is 1. The molecule has 0 spiro atoms. The molecule has 1 aromatic carbocycles. The Morgan fingerprint density at radius 2 is 1.74 bits per heavy atom. The fourth-order valence-electron chi connectivity index (χ4n) is 2.13. The van der Waals surface area contributed by atoms with Crippen LogP contribution < -0.4 is 11.2 Å². The summed E-state index contributed by atoms with van der Waals surface area (Å²) in [5.41, 5.74) is 0.114. The summed E-state index contributed by atoms with van der Waals surface area (Å²) >= 11 is 2.26. The van der Waals surface area contributed by atoms with E-state index in [0.717, 1.165) is 11.8 Å². The van der Waals surface area contributed by atoms with Gasteiger partial charge in [-0.15, -0.1) is 10.2 Å². The molecule has 0 aliphatic rings. The van der Waals surface area contributed by atoms with E-state index >= 15 is 0 Å². The molecule has 0 atom stereocenters. The lowest BCUT2D eigenvalue weighted by Crippen LogP contribution is -2.32. The number of aromatic nitrogens is 3. The first-order valence-electron chi connectivity index (χ1n) is 8.24. The van der Waals surface area contributed by atoms with Gasteiger partial charge in [0.1, 0.15) is 5.82 Å². The van der Waals surface area contributed by atoms with Crippen molar-refractivity contribution in [3.05, 3.63) is 30.1 Å². The van der Waals surface area contributed by atoms with Gasteiger partial charge in [-0.3, -0.25) is 9.59 Å². The number of anilines is 1. The van der Waals surface area contributed by atoms with E-state index in [2.05, 4.69) is 15.5 Å². The number of nitrogens with zero attached hydrogens (tertiary/aromatic N) is 4. The van der Waals surface area contributed by atoms with Gasteiger partial charge in [0.05, 0.1) is 17.2 Å². The van der Waals surface area contributed by atoms with Crippen LogP contribution in [0.25, 0.3) is 0 Å². The van der Waals surface area contributed by atoms with Crippen LogP contribution in [-0.4, -0.2) is 56.2 Å². The van der Waals surface area contributed by atoms with E-state index in [1.165, 1.54) is 28.6 Å². The van der Waals surface area contributed by atoms with Crippen LogP contribution in [0.1, 0.15) is 13.8 Å². The van der Waals surface area contributed by atoms with Gasteiger partial charge in [0, 0.05) is 13.1 Å². The molecule has 27 heavy (non-hydrogen) atoms. The molecule has 1 heterocycles. The van der Waals surface area contributed by atoms with Crippen molar-refractivity contribution >= 4 is 41.0 Å². The van der Waals surface area contributed by atoms with Crippen LogP contribution >= 0.6 is 23.5 Å². The predicted molar refractivity (Wildman–Crippen MR) is 105 cm³/mol. The van der Waals surface area contributed by atoms with Crippen molar-refractivity contribution in [2.75, 3.05) is 35.8 Å². The van der Waals surface area contributed by atoms with Crippen molar-refractivity contribution in [3.8, 4) is 0 Å². The average molecular weight is 413 g/mol. The normalized spacial score (nSPS) is 10.6. The zero-order valence-electron chi connectivity index (χ0n) is 15.0. The van der Waals surface area contributed by atoms with Gasteiger partial charge in [0.25, 0.3) is 0 Å². The van der Waals surface area contributed by atoms with Crippen LogP contribution in [0.15, 0.2) is 34.6 Å². The van der Waals surface area contributed by atoms with Crippen molar-refractivity contribution in [2.45, 2.75) is 24.2 Å². The molecule has 0 saturated carbocycles. The number of nitrogen functional groups attached to an aromatic ring is 1. The molecule has 0 radical (unpaired) electrons. The molecule has 2 aromatic rings. The summed E-state index contributed by atoms with van der Waals surface area (Å²) < 4.78 is 14.8. The molecule has 2 amide bonds. The predicted octanol–water partition coefficient (Wildman–Crippen LogP) is 1.82. The smallest absolute Gasteiger partial charge is 0.234 e. The number of carbonyl (C=O) groups is 2. The lowest BCUT2D eigenvalue weighted by molar-refractivity contribution is -0.128. The minimum absolute atomic E-state index is 0.00723. The Morgan fingerprint density at radius 1 is 1.15 bits per heavy atom. The Kier molecular flexibility index (Phi) is 7.92. The Balaban J connectivity index is 1.87. The highest BCUT2D eigenvalue weighted by Gasteiger charge is 2.16. The molecule has 0 saturated heterocycles. The highest BCUT2D eigenvalue weighted by molar-refractivity contribution is 8.00. The summed E-state index contributed by atoms with van der Waals surface area (Å²) in [4.78, 5) is 25.7. The molecular weight excluding hydrogens is 391 g/mol. The van der Waals surface area contributed by atoms with Crippen LogP contribution in [0, 0.1) is 5.82 Å². The molecule has 0 aliphatic heterocycles. The van der Waals surface area contributed by atoms with E-state index < -0.39 is 5.82 Å². The molecular formula is C16H21FN6O2S2. The van der Waals surface area contributed by atoms with E-state index in [0.29, 0.717) is 23.4 Å². The van der Waals surface area contributed by atoms with Crippen LogP contribution in [0.3, 0.4) is 0 Å². The number of amides is 2. The minimum Gasteiger partial charge on any atom is -0.343 e. The average Bonchev–Trinajstić information content (AvgIpc) is 3.01. The van der Waals surface area contributed by atoms with E-state index in [1.54, 1.807) is 17.0 Å². The zero-order valence-corrected chi connectivity index (χ0v) is 16.6. The molecule has 146 valence electrons. The van der Waals surface area contributed by atoms with Crippen LogP contribution in [0.4, 0.5) is 10.1 Å². The molecule has 0 unspecified atom stereocenters. The Hall–Kier alpha value is -2.27. The van der Waals surface area contributed by atoms with Crippen molar-refractivity contribution in [1.82, 2.24) is 19.8 Å². The summed E-state index contributed by atoms with van der Waals surface area (Å²) in [7, 11) is 0. The minimum atomic E-state index is -0.505. The second kappa shape index (κ2) is 10.2. The van der Waals surface area contributed by atoms with Gasteiger partial charge in [-0.25, -0.2) is 9.07 Å². The van der Waals surface area contributed by atoms with Gasteiger partial charge in [0.15, 0.2) is 0 Å². The van der Waals surface area contributed by atoms with Crippen molar-refractivity contribution in [2.24, 2.45) is 0 Å². The number of benzene rings is 1. The van der Waals surface area contributed by atoms with E-state index in [1.807, 2.05) is 13.8 Å². The lowest BCUT2D eigenvalue weighted by Gasteiger charge is -2.17. The van der Waals surface area contributed by atoms with E-state index in [4.69, 9.17) is 5.84 Å². The Labute approximate surface area is 165 Å². The third-order valence-corrected chi connectivity index (χ3v) is 5.43. The highest BCUT2D eigenvalue weighted by Crippen LogP contribution is 2.21. The maximum atomic E-state index is 13.5. The monoisotopic (exact) mass is 412 g/mol. The number of nitrogens with one attached hydrogen (secondary N) is 1. The first-order valence-corrected chi connectivity index (χ1v) is 10.2. The molecule has 0 aliphatic carbocycles. The third-order valence-electron chi connectivity index (χ3n) is 3.55. The molecule has 3 N–H and O–H groups in total. The molecule has 11 heteroatoms. The van der Waals surface area contributed by atoms with Gasteiger partial charge < -0.3 is 16.1 Å². The topological polar surface area (TPSA) is 106 Å². The number of rotatable bonds is 9. The summed E-state index contributed by atoms with van der Waals surface area (Å²) in [6, 6.07) is 5.92. The number of para-hydroxylation sites is 1. The number of carbonyl (C=O) groups excluding carboxylic acids is 2. The summed E-state index contributed by atoms with van der Waals surface area (Å²) in [5.74, 6) is 5.22. The van der Waals surface area contributed by atoms with Gasteiger partial charge in [0.2, 0.25) is 22.1 Å². The number of halogens is 1. The molecule has 2 rings (SSSR count). The van der Waals surface area contributed by atoms with Crippen LogP contribution in [0.2, 0.25) is 0 Å². The fourth-order valence-corrected chi connectivity index (χ4v) is 3.61. The van der Waals surface area contributed by atoms with Gasteiger partial charge in [-0.1, -0.05) is 35.7 Å². The fraction of sp³-hybridized carbons (Fsp3) is 0.375. The quantitative estimate of drug-likeness (QED) is 0.478. The van der Waals surface area contributed by atoms with Crippen molar-refractivity contribution in [1.29, 1.82) is 0 Å². The Morgan fingerprint density at radius 3 is 2.33 bits per heavy atom. The van der Waals surface area contributed by atoms with Crippen LogP contribution in [-0.2, 0) is 9.59 Å². The summed E-state index contributed by atoms with van der Waals surface area (Å²) in [5, 5.41) is 11.1. The molecule has 8 nitrogen and oxygen atoms in total. The first-order chi connectivity index (χ1) is 13.0. The SMILES string of the molecule is CCN(CC)C(=O)CSc1nnc(SCC(=O)Nc2ccccc2F)n1N. The van der Waals surface area contributed by atoms with Gasteiger partial charge >= 0.3 is 0 Å². The zero-order chi connectivity index (χ0) is 19.8. The molecule has 1 aromatic heterocycles. The number of hydrogen-bond donors (Lipinski definition) is 2. The number of thioether (sulfide) groups is 2. The summed E-state index contributed by atoms with van der Waals surface area (Å²) in [6.45, 7) is 5.12. The first kappa shape index (κ1) is 21.0.